The summed E-state index contributed by atoms with van der Waals surface area (Å²) in [5.41, 5.74) is 0.900. The summed E-state index contributed by atoms with van der Waals surface area (Å²) >= 11 is 0. The average Bonchev–Trinajstić information content (AvgIpc) is 2.27. The molecule has 0 unspecified atom stereocenters. The first-order valence-corrected chi connectivity index (χ1v) is 8.06. The van der Waals surface area contributed by atoms with Gasteiger partial charge in [-0.15, -0.1) is 0 Å². The van der Waals surface area contributed by atoms with Crippen LogP contribution in [0.15, 0.2) is 5.16 Å². The third-order valence-corrected chi connectivity index (χ3v) is 4.10. The van der Waals surface area contributed by atoms with E-state index in [-0.39, 0.29) is 0 Å². The van der Waals surface area contributed by atoms with Gasteiger partial charge in [0.15, 0.2) is 0 Å². The number of hydrogen-bond donors (Lipinski definition) is 1. The first-order chi connectivity index (χ1) is 8.39. The maximum atomic E-state index is 11.3. The zero-order chi connectivity index (χ0) is 13.6. The highest BCUT2D eigenvalue weighted by molar-refractivity contribution is 7.88. The summed E-state index contributed by atoms with van der Waals surface area (Å²) in [4.78, 5) is 5.08. The van der Waals surface area contributed by atoms with E-state index in [2.05, 4.69) is 10.5 Å². The van der Waals surface area contributed by atoms with Crippen LogP contribution in [0.4, 0.5) is 0 Å². The van der Waals surface area contributed by atoms with E-state index in [1.54, 1.807) is 0 Å². The number of nitrogens with zero attached hydrogens (tertiary/aromatic N) is 2. The Morgan fingerprint density at radius 3 is 2.50 bits per heavy atom. The van der Waals surface area contributed by atoms with Crippen molar-refractivity contribution in [1.82, 2.24) is 9.62 Å². The SMILES string of the molecule is CC(C)=NOCCNC1CCN(S(C)(=O)=O)CC1. The third-order valence-electron chi connectivity index (χ3n) is 2.80. The van der Waals surface area contributed by atoms with Crippen molar-refractivity contribution in [3.63, 3.8) is 0 Å². The van der Waals surface area contributed by atoms with E-state index in [0.29, 0.717) is 25.7 Å². The number of nitrogens with one attached hydrogen (secondary N) is 1. The van der Waals surface area contributed by atoms with E-state index in [1.807, 2.05) is 13.8 Å². The number of oxime groups is 1. The number of rotatable bonds is 6. The highest BCUT2D eigenvalue weighted by Gasteiger charge is 2.24. The molecule has 0 spiro atoms. The van der Waals surface area contributed by atoms with Gasteiger partial charge in [0.05, 0.1) is 12.0 Å². The smallest absolute Gasteiger partial charge is 0.211 e. The van der Waals surface area contributed by atoms with Crippen LogP contribution in [0.2, 0.25) is 0 Å². The first-order valence-electron chi connectivity index (χ1n) is 6.21. The van der Waals surface area contributed by atoms with Crippen LogP contribution in [0, 0.1) is 0 Å². The zero-order valence-electron chi connectivity index (χ0n) is 11.3. The van der Waals surface area contributed by atoms with E-state index < -0.39 is 10.0 Å². The van der Waals surface area contributed by atoms with Crippen molar-refractivity contribution in [1.29, 1.82) is 0 Å². The van der Waals surface area contributed by atoms with Gasteiger partial charge >= 0.3 is 0 Å². The van der Waals surface area contributed by atoms with Gasteiger partial charge in [-0.3, -0.25) is 0 Å². The molecule has 1 N–H and O–H groups in total. The molecule has 18 heavy (non-hydrogen) atoms. The fourth-order valence-corrected chi connectivity index (χ4v) is 2.75. The van der Waals surface area contributed by atoms with Crippen LogP contribution in [-0.2, 0) is 14.9 Å². The Morgan fingerprint density at radius 2 is 2.00 bits per heavy atom. The molecule has 1 saturated heterocycles. The second kappa shape index (κ2) is 7.06. The normalized spacial score (nSPS) is 18.6. The summed E-state index contributed by atoms with van der Waals surface area (Å²) in [5, 5.41) is 7.19. The fraction of sp³-hybridized carbons (Fsp3) is 0.909. The Balaban J connectivity index is 2.15. The van der Waals surface area contributed by atoms with Crippen molar-refractivity contribution in [2.75, 3.05) is 32.5 Å². The van der Waals surface area contributed by atoms with E-state index >= 15 is 0 Å². The summed E-state index contributed by atoms with van der Waals surface area (Å²) in [6, 6.07) is 0.373. The lowest BCUT2D eigenvalue weighted by molar-refractivity contribution is 0.140. The first kappa shape index (κ1) is 15.4. The van der Waals surface area contributed by atoms with E-state index in [0.717, 1.165) is 25.1 Å². The molecule has 1 heterocycles. The van der Waals surface area contributed by atoms with Gasteiger partial charge in [-0.05, 0) is 26.7 Å². The van der Waals surface area contributed by atoms with Crippen LogP contribution in [-0.4, -0.2) is 57.0 Å². The van der Waals surface area contributed by atoms with Crippen LogP contribution < -0.4 is 5.32 Å². The molecule has 6 nitrogen and oxygen atoms in total. The lowest BCUT2D eigenvalue weighted by atomic mass is 10.1. The van der Waals surface area contributed by atoms with Crippen LogP contribution in [0.5, 0.6) is 0 Å². The van der Waals surface area contributed by atoms with Gasteiger partial charge in [0.2, 0.25) is 10.0 Å². The topological polar surface area (TPSA) is 71.0 Å². The van der Waals surface area contributed by atoms with Crippen molar-refractivity contribution in [3.8, 4) is 0 Å². The molecule has 1 aliphatic rings. The molecule has 0 amide bonds. The lowest BCUT2D eigenvalue weighted by Gasteiger charge is -2.30. The predicted molar refractivity (Wildman–Crippen MR) is 72.2 cm³/mol. The van der Waals surface area contributed by atoms with Crippen molar-refractivity contribution in [3.05, 3.63) is 0 Å². The molecular weight excluding hydrogens is 254 g/mol. The summed E-state index contributed by atoms with van der Waals surface area (Å²) in [6.07, 6.45) is 2.96. The molecule has 0 aliphatic carbocycles. The van der Waals surface area contributed by atoms with Gasteiger partial charge in [0.1, 0.15) is 6.61 Å². The van der Waals surface area contributed by atoms with Gasteiger partial charge < -0.3 is 10.2 Å². The average molecular weight is 277 g/mol. The molecule has 7 heteroatoms. The Bertz CT molecular complexity index is 369. The fourth-order valence-electron chi connectivity index (χ4n) is 1.88. The Labute approximate surface area is 109 Å². The second-order valence-electron chi connectivity index (χ2n) is 4.76. The maximum absolute atomic E-state index is 11.3. The highest BCUT2D eigenvalue weighted by atomic mass is 32.2. The van der Waals surface area contributed by atoms with Crippen LogP contribution in [0.25, 0.3) is 0 Å². The highest BCUT2D eigenvalue weighted by Crippen LogP contribution is 2.12. The summed E-state index contributed by atoms with van der Waals surface area (Å²) in [5.74, 6) is 0. The zero-order valence-corrected chi connectivity index (χ0v) is 12.2. The van der Waals surface area contributed by atoms with Gasteiger partial charge in [-0.1, -0.05) is 5.16 Å². The molecule has 106 valence electrons. The predicted octanol–water partition coefficient (Wildman–Crippen LogP) is 0.412. The minimum atomic E-state index is -3.02. The van der Waals surface area contributed by atoms with Gasteiger partial charge in [0.25, 0.3) is 0 Å². The standard InChI is InChI=1S/C11H23N3O3S/c1-10(2)13-17-9-6-12-11-4-7-14(8-5-11)18(3,15)16/h11-12H,4-9H2,1-3H3. The second-order valence-corrected chi connectivity index (χ2v) is 6.74. The van der Waals surface area contributed by atoms with E-state index in [1.165, 1.54) is 10.6 Å². The van der Waals surface area contributed by atoms with E-state index in [4.69, 9.17) is 4.84 Å². The third kappa shape index (κ3) is 5.79. The Kier molecular flexibility index (Phi) is 6.04. The molecule has 1 fully saturated rings. The Morgan fingerprint density at radius 1 is 1.39 bits per heavy atom. The maximum Gasteiger partial charge on any atom is 0.211 e. The van der Waals surface area contributed by atoms with Crippen LogP contribution in [0.3, 0.4) is 0 Å². The Hall–Kier alpha value is -0.660. The van der Waals surface area contributed by atoms with Crippen molar-refractivity contribution in [2.45, 2.75) is 32.7 Å². The minimum Gasteiger partial charge on any atom is -0.395 e. The van der Waals surface area contributed by atoms with Crippen molar-refractivity contribution >= 4 is 15.7 Å². The molecule has 0 atom stereocenters. The summed E-state index contributed by atoms with van der Waals surface area (Å²) < 4.78 is 24.2. The minimum absolute atomic E-state index is 0.373. The summed E-state index contributed by atoms with van der Waals surface area (Å²) in [7, 11) is -3.02. The van der Waals surface area contributed by atoms with E-state index in [9.17, 15) is 8.42 Å². The van der Waals surface area contributed by atoms with Crippen molar-refractivity contribution in [2.24, 2.45) is 5.16 Å². The molecular formula is C11H23N3O3S. The molecule has 0 aromatic rings. The van der Waals surface area contributed by atoms with Gasteiger partial charge in [-0.25, -0.2) is 12.7 Å². The molecule has 0 bridgehead atoms. The van der Waals surface area contributed by atoms with Crippen LogP contribution >= 0.6 is 0 Å². The molecule has 0 saturated carbocycles. The quantitative estimate of drug-likeness (QED) is 0.434. The van der Waals surface area contributed by atoms with Gasteiger partial charge in [-0.2, -0.15) is 0 Å². The number of hydrogen-bond acceptors (Lipinski definition) is 5. The molecule has 1 rings (SSSR count). The van der Waals surface area contributed by atoms with Crippen molar-refractivity contribution < 1.29 is 13.3 Å². The largest absolute Gasteiger partial charge is 0.395 e. The molecule has 0 radical (unpaired) electrons. The van der Waals surface area contributed by atoms with Gasteiger partial charge in [0, 0.05) is 25.7 Å². The number of sulfonamides is 1. The summed E-state index contributed by atoms with van der Waals surface area (Å²) in [6.45, 7) is 6.24. The lowest BCUT2D eigenvalue weighted by Crippen LogP contribution is -2.45. The monoisotopic (exact) mass is 277 g/mol. The molecule has 0 aromatic carbocycles. The number of piperidine rings is 1. The molecule has 0 aromatic heterocycles. The van der Waals surface area contributed by atoms with Crippen LogP contribution in [0.1, 0.15) is 26.7 Å². The molecule has 1 aliphatic heterocycles.